The number of benzene rings is 1. The van der Waals surface area contributed by atoms with Gasteiger partial charge in [0.25, 0.3) is 5.91 Å². The fraction of sp³-hybridized carbons (Fsp3) is 0.118. The number of hydrogen-bond donors (Lipinski definition) is 1. The van der Waals surface area contributed by atoms with Crippen molar-refractivity contribution < 1.29 is 9.32 Å². The molecule has 0 aliphatic carbocycles. The van der Waals surface area contributed by atoms with E-state index in [2.05, 4.69) is 15.5 Å². The second-order valence-electron chi connectivity index (χ2n) is 5.04. The van der Waals surface area contributed by atoms with Crippen molar-refractivity contribution in [3.63, 3.8) is 0 Å². The van der Waals surface area contributed by atoms with Gasteiger partial charge in [0.15, 0.2) is 0 Å². The third-order valence-electron chi connectivity index (χ3n) is 3.49. The first-order chi connectivity index (χ1) is 11.1. The zero-order valence-electron chi connectivity index (χ0n) is 12.4. The molecule has 0 aliphatic heterocycles. The number of carbonyl (C=O) groups excluding carboxylic acids is 1. The van der Waals surface area contributed by atoms with Crippen molar-refractivity contribution in [1.82, 2.24) is 15.5 Å². The SMILES string of the molecule is Cc1oncc1C(=O)NC(c1ccc(Cl)cc1)c1cccnc1. The summed E-state index contributed by atoms with van der Waals surface area (Å²) in [5, 5.41) is 7.27. The van der Waals surface area contributed by atoms with Crippen LogP contribution in [-0.2, 0) is 0 Å². The molecule has 116 valence electrons. The number of amides is 1. The van der Waals surface area contributed by atoms with E-state index in [9.17, 15) is 4.79 Å². The van der Waals surface area contributed by atoms with Crippen LogP contribution in [-0.4, -0.2) is 16.0 Å². The summed E-state index contributed by atoms with van der Waals surface area (Å²) in [5.41, 5.74) is 2.19. The number of rotatable bonds is 4. The van der Waals surface area contributed by atoms with Crippen LogP contribution in [0.5, 0.6) is 0 Å². The molecular formula is C17H14ClN3O2. The predicted octanol–water partition coefficient (Wildman–Crippen LogP) is 3.55. The van der Waals surface area contributed by atoms with E-state index in [1.165, 1.54) is 6.20 Å². The third-order valence-corrected chi connectivity index (χ3v) is 3.74. The Labute approximate surface area is 138 Å². The molecule has 1 N–H and O–H groups in total. The van der Waals surface area contributed by atoms with Crippen LogP contribution in [0.1, 0.15) is 33.3 Å². The van der Waals surface area contributed by atoms with Crippen LogP contribution in [0.3, 0.4) is 0 Å². The second-order valence-corrected chi connectivity index (χ2v) is 5.48. The van der Waals surface area contributed by atoms with E-state index < -0.39 is 0 Å². The van der Waals surface area contributed by atoms with Crippen molar-refractivity contribution >= 4 is 17.5 Å². The summed E-state index contributed by atoms with van der Waals surface area (Å²) in [4.78, 5) is 16.6. The van der Waals surface area contributed by atoms with E-state index >= 15 is 0 Å². The molecule has 0 radical (unpaired) electrons. The minimum Gasteiger partial charge on any atom is -0.361 e. The molecule has 23 heavy (non-hydrogen) atoms. The first-order valence-electron chi connectivity index (χ1n) is 7.02. The summed E-state index contributed by atoms with van der Waals surface area (Å²) in [6, 6.07) is 10.7. The zero-order chi connectivity index (χ0) is 16.2. The van der Waals surface area contributed by atoms with Crippen molar-refractivity contribution in [1.29, 1.82) is 0 Å². The highest BCUT2D eigenvalue weighted by Crippen LogP contribution is 2.23. The van der Waals surface area contributed by atoms with Gasteiger partial charge in [-0.05, 0) is 36.2 Å². The summed E-state index contributed by atoms with van der Waals surface area (Å²) in [6.45, 7) is 1.70. The standard InChI is InChI=1S/C17H14ClN3O2/c1-11-15(10-20-23-11)17(22)21-16(13-3-2-8-19-9-13)12-4-6-14(18)7-5-12/h2-10,16H,1H3,(H,21,22). The van der Waals surface area contributed by atoms with Crippen LogP contribution in [0.4, 0.5) is 0 Å². The molecule has 2 heterocycles. The molecule has 0 saturated heterocycles. The largest absolute Gasteiger partial charge is 0.361 e. The van der Waals surface area contributed by atoms with Gasteiger partial charge in [0.2, 0.25) is 0 Å². The van der Waals surface area contributed by atoms with Gasteiger partial charge in [-0.25, -0.2) is 0 Å². The van der Waals surface area contributed by atoms with E-state index in [1.807, 2.05) is 24.3 Å². The number of carbonyl (C=O) groups is 1. The van der Waals surface area contributed by atoms with Crippen LogP contribution in [0.25, 0.3) is 0 Å². The molecule has 5 nitrogen and oxygen atoms in total. The summed E-state index contributed by atoms with van der Waals surface area (Å²) in [5.74, 6) is 0.219. The first kappa shape index (κ1) is 15.2. The van der Waals surface area contributed by atoms with Gasteiger partial charge < -0.3 is 9.84 Å². The smallest absolute Gasteiger partial charge is 0.257 e. The second kappa shape index (κ2) is 6.62. The molecule has 2 aromatic heterocycles. The van der Waals surface area contributed by atoms with Crippen molar-refractivity contribution in [3.05, 3.63) is 82.5 Å². The summed E-state index contributed by atoms with van der Waals surface area (Å²) < 4.78 is 4.95. The molecule has 3 aromatic rings. The molecule has 0 aliphatic rings. The Bertz CT molecular complexity index is 800. The van der Waals surface area contributed by atoms with Crippen molar-refractivity contribution in [3.8, 4) is 0 Å². The van der Waals surface area contributed by atoms with E-state index in [-0.39, 0.29) is 11.9 Å². The van der Waals surface area contributed by atoms with Crippen LogP contribution < -0.4 is 5.32 Å². The maximum atomic E-state index is 12.5. The average Bonchev–Trinajstić information content (AvgIpc) is 3.00. The molecule has 0 fully saturated rings. The predicted molar refractivity (Wildman–Crippen MR) is 86.2 cm³/mol. The van der Waals surface area contributed by atoms with Gasteiger partial charge in [-0.1, -0.05) is 35.0 Å². The van der Waals surface area contributed by atoms with E-state index in [4.69, 9.17) is 16.1 Å². The van der Waals surface area contributed by atoms with Crippen LogP contribution >= 0.6 is 11.6 Å². The minimum atomic E-state index is -0.345. The summed E-state index contributed by atoms with van der Waals surface area (Å²) in [7, 11) is 0. The lowest BCUT2D eigenvalue weighted by molar-refractivity contribution is 0.0941. The number of nitrogens with one attached hydrogen (secondary N) is 1. The monoisotopic (exact) mass is 327 g/mol. The quantitative estimate of drug-likeness (QED) is 0.795. The highest BCUT2D eigenvalue weighted by Gasteiger charge is 2.20. The number of pyridine rings is 1. The molecule has 0 bridgehead atoms. The summed E-state index contributed by atoms with van der Waals surface area (Å²) >= 11 is 5.95. The molecule has 3 rings (SSSR count). The Morgan fingerprint density at radius 2 is 1.96 bits per heavy atom. The molecule has 1 aromatic carbocycles. The third kappa shape index (κ3) is 3.40. The van der Waals surface area contributed by atoms with Gasteiger partial charge in [-0.2, -0.15) is 0 Å². The fourth-order valence-electron chi connectivity index (χ4n) is 2.29. The Kier molecular flexibility index (Phi) is 4.39. The lowest BCUT2D eigenvalue weighted by Gasteiger charge is -2.19. The number of hydrogen-bond acceptors (Lipinski definition) is 4. The molecule has 0 saturated carbocycles. The van der Waals surface area contributed by atoms with Crippen molar-refractivity contribution in [2.24, 2.45) is 0 Å². The maximum absolute atomic E-state index is 12.5. The lowest BCUT2D eigenvalue weighted by Crippen LogP contribution is -2.29. The highest BCUT2D eigenvalue weighted by molar-refractivity contribution is 6.30. The molecule has 1 atom stereocenters. The van der Waals surface area contributed by atoms with Crippen LogP contribution in [0, 0.1) is 6.92 Å². The normalized spacial score (nSPS) is 11.9. The Hall–Kier alpha value is -2.66. The zero-order valence-corrected chi connectivity index (χ0v) is 13.1. The molecule has 6 heteroatoms. The highest BCUT2D eigenvalue weighted by atomic mass is 35.5. The van der Waals surface area contributed by atoms with Crippen LogP contribution in [0.15, 0.2) is 59.5 Å². The number of nitrogens with zero attached hydrogens (tertiary/aromatic N) is 2. The topological polar surface area (TPSA) is 68.0 Å². The molecular weight excluding hydrogens is 314 g/mol. The van der Waals surface area contributed by atoms with Gasteiger partial charge in [0, 0.05) is 17.4 Å². The van der Waals surface area contributed by atoms with Crippen LogP contribution in [0.2, 0.25) is 5.02 Å². The molecule has 1 unspecified atom stereocenters. The van der Waals surface area contributed by atoms with Crippen molar-refractivity contribution in [2.75, 3.05) is 0 Å². The fourth-order valence-corrected chi connectivity index (χ4v) is 2.41. The Morgan fingerprint density at radius 3 is 2.57 bits per heavy atom. The van der Waals surface area contributed by atoms with Gasteiger partial charge >= 0.3 is 0 Å². The Balaban J connectivity index is 1.94. The van der Waals surface area contributed by atoms with Crippen molar-refractivity contribution in [2.45, 2.75) is 13.0 Å². The average molecular weight is 328 g/mol. The van der Waals surface area contributed by atoms with Gasteiger partial charge in [0.1, 0.15) is 11.3 Å². The number of aromatic nitrogens is 2. The van der Waals surface area contributed by atoms with E-state index in [1.54, 1.807) is 31.5 Å². The number of halogens is 1. The van der Waals surface area contributed by atoms with Gasteiger partial charge in [-0.15, -0.1) is 0 Å². The Morgan fingerprint density at radius 1 is 1.17 bits per heavy atom. The van der Waals surface area contributed by atoms with Gasteiger partial charge in [-0.3, -0.25) is 9.78 Å². The molecule has 1 amide bonds. The van der Waals surface area contributed by atoms with E-state index in [0.717, 1.165) is 11.1 Å². The first-order valence-corrected chi connectivity index (χ1v) is 7.40. The minimum absolute atomic E-state index is 0.257. The summed E-state index contributed by atoms with van der Waals surface area (Å²) in [6.07, 6.45) is 4.82. The lowest BCUT2D eigenvalue weighted by atomic mass is 10.00. The molecule has 0 spiro atoms. The van der Waals surface area contributed by atoms with E-state index in [0.29, 0.717) is 16.3 Å². The maximum Gasteiger partial charge on any atom is 0.257 e. The van der Waals surface area contributed by atoms with Gasteiger partial charge in [0.05, 0.1) is 12.2 Å². The number of aryl methyl sites for hydroxylation is 1.